The monoisotopic (exact) mass is 161 g/mol. The first-order valence-electron chi connectivity index (χ1n) is 3.84. The first kappa shape index (κ1) is 8.93. The van der Waals surface area contributed by atoms with Gasteiger partial charge in [-0.1, -0.05) is 0 Å². The smallest absolute Gasteiger partial charge is 0.182 e. The lowest BCUT2D eigenvalue weighted by molar-refractivity contribution is -0.219. The Morgan fingerprint density at radius 1 is 1.45 bits per heavy atom. The third-order valence-corrected chi connectivity index (χ3v) is 2.03. The zero-order valence-electron chi connectivity index (χ0n) is 6.82. The molecule has 11 heavy (non-hydrogen) atoms. The molecule has 66 valence electrons. The molecule has 1 rings (SSSR count). The molecule has 1 heterocycles. The van der Waals surface area contributed by atoms with E-state index in [4.69, 9.17) is 9.84 Å². The summed E-state index contributed by atoms with van der Waals surface area (Å²) in [6, 6.07) is -0.0613. The van der Waals surface area contributed by atoms with Crippen LogP contribution >= 0.6 is 0 Å². The van der Waals surface area contributed by atoms with Gasteiger partial charge in [0, 0.05) is 6.04 Å². The lowest BCUT2D eigenvalue weighted by Crippen LogP contribution is -2.52. The number of hydrogen-bond acceptors (Lipinski definition) is 4. The maximum atomic E-state index is 9.32. The SMILES string of the molecule is CN[C@H]1C[C@@H](C)O[C@@H](O)[C@@H]1O. The molecule has 0 saturated carbocycles. The Morgan fingerprint density at radius 2 is 2.09 bits per heavy atom. The molecule has 1 saturated heterocycles. The van der Waals surface area contributed by atoms with E-state index in [-0.39, 0.29) is 12.1 Å². The topological polar surface area (TPSA) is 61.7 Å². The van der Waals surface area contributed by atoms with Crippen LogP contribution in [0.1, 0.15) is 13.3 Å². The van der Waals surface area contributed by atoms with Crippen molar-refractivity contribution in [2.45, 2.75) is 37.9 Å². The fourth-order valence-electron chi connectivity index (χ4n) is 1.36. The highest BCUT2D eigenvalue weighted by Crippen LogP contribution is 2.17. The minimum atomic E-state index is -1.05. The zero-order chi connectivity index (χ0) is 8.43. The van der Waals surface area contributed by atoms with E-state index in [0.29, 0.717) is 0 Å². The molecular weight excluding hydrogens is 146 g/mol. The largest absolute Gasteiger partial charge is 0.386 e. The fraction of sp³-hybridized carbons (Fsp3) is 1.00. The molecule has 4 heteroatoms. The molecule has 1 aliphatic rings. The number of likely N-dealkylation sites (N-methyl/N-ethyl adjacent to an activating group) is 1. The summed E-state index contributed by atoms with van der Waals surface area (Å²) in [5.74, 6) is 0. The average Bonchev–Trinajstić information content (AvgIpc) is 1.96. The van der Waals surface area contributed by atoms with Gasteiger partial charge in [0.2, 0.25) is 0 Å². The van der Waals surface area contributed by atoms with Crippen LogP contribution in [0, 0.1) is 0 Å². The third kappa shape index (κ3) is 1.90. The molecule has 0 unspecified atom stereocenters. The summed E-state index contributed by atoms with van der Waals surface area (Å²) in [5.41, 5.74) is 0. The predicted molar refractivity (Wildman–Crippen MR) is 40.0 cm³/mol. The summed E-state index contributed by atoms with van der Waals surface area (Å²) in [7, 11) is 1.76. The van der Waals surface area contributed by atoms with E-state index in [1.54, 1.807) is 7.05 Å². The lowest BCUT2D eigenvalue weighted by atomic mass is 10.0. The molecule has 0 bridgehead atoms. The molecule has 4 atom stereocenters. The van der Waals surface area contributed by atoms with Gasteiger partial charge in [0.05, 0.1) is 6.10 Å². The minimum Gasteiger partial charge on any atom is -0.386 e. The molecular formula is C7H15NO3. The normalized spacial score (nSPS) is 45.8. The zero-order valence-corrected chi connectivity index (χ0v) is 6.82. The summed E-state index contributed by atoms with van der Waals surface area (Å²) >= 11 is 0. The van der Waals surface area contributed by atoms with Crippen LogP contribution in [0.2, 0.25) is 0 Å². The second-order valence-corrected chi connectivity index (χ2v) is 2.96. The molecule has 0 aromatic heterocycles. The number of rotatable bonds is 1. The number of aliphatic hydroxyl groups is 2. The molecule has 0 aliphatic carbocycles. The fourth-order valence-corrected chi connectivity index (χ4v) is 1.36. The summed E-state index contributed by atoms with van der Waals surface area (Å²) < 4.78 is 5.00. The van der Waals surface area contributed by atoms with Gasteiger partial charge in [-0.15, -0.1) is 0 Å². The van der Waals surface area contributed by atoms with E-state index in [9.17, 15) is 5.11 Å². The Balaban J connectivity index is 2.51. The molecule has 1 fully saturated rings. The standard InChI is InChI=1S/C7H15NO3/c1-4-3-5(8-2)6(9)7(10)11-4/h4-10H,3H2,1-2H3/t4-,5+,6-,7-/m1/s1. The van der Waals surface area contributed by atoms with Crippen molar-refractivity contribution in [3.8, 4) is 0 Å². The summed E-state index contributed by atoms with van der Waals surface area (Å²) in [6.45, 7) is 1.87. The van der Waals surface area contributed by atoms with Crippen molar-refractivity contribution in [2.75, 3.05) is 7.05 Å². The van der Waals surface area contributed by atoms with Gasteiger partial charge in [-0.3, -0.25) is 0 Å². The summed E-state index contributed by atoms with van der Waals surface area (Å²) in [5, 5.41) is 21.4. The second-order valence-electron chi connectivity index (χ2n) is 2.96. The molecule has 0 spiro atoms. The van der Waals surface area contributed by atoms with Crippen molar-refractivity contribution < 1.29 is 14.9 Å². The Morgan fingerprint density at radius 3 is 2.64 bits per heavy atom. The van der Waals surface area contributed by atoms with Crippen molar-refractivity contribution in [1.29, 1.82) is 0 Å². The molecule has 1 aliphatic heterocycles. The van der Waals surface area contributed by atoms with Crippen LogP contribution in [0.25, 0.3) is 0 Å². The van der Waals surface area contributed by atoms with Gasteiger partial charge in [0.1, 0.15) is 6.10 Å². The van der Waals surface area contributed by atoms with E-state index in [0.717, 1.165) is 6.42 Å². The van der Waals surface area contributed by atoms with Gasteiger partial charge in [0.25, 0.3) is 0 Å². The molecule has 0 aromatic rings. The molecule has 0 amide bonds. The molecule has 3 N–H and O–H groups in total. The molecule has 0 radical (unpaired) electrons. The van der Waals surface area contributed by atoms with Crippen molar-refractivity contribution >= 4 is 0 Å². The van der Waals surface area contributed by atoms with E-state index in [1.165, 1.54) is 0 Å². The first-order chi connectivity index (χ1) is 5.15. The van der Waals surface area contributed by atoms with Gasteiger partial charge in [-0.25, -0.2) is 0 Å². The van der Waals surface area contributed by atoms with Gasteiger partial charge < -0.3 is 20.3 Å². The third-order valence-electron chi connectivity index (χ3n) is 2.03. The number of hydrogen-bond donors (Lipinski definition) is 3. The summed E-state index contributed by atoms with van der Waals surface area (Å²) in [4.78, 5) is 0. The Labute approximate surface area is 66.2 Å². The highest BCUT2D eigenvalue weighted by molar-refractivity contribution is 4.83. The number of aliphatic hydroxyl groups excluding tert-OH is 2. The Kier molecular flexibility index (Phi) is 2.84. The molecule has 0 aromatic carbocycles. The average molecular weight is 161 g/mol. The van der Waals surface area contributed by atoms with E-state index in [1.807, 2.05) is 6.92 Å². The van der Waals surface area contributed by atoms with Gasteiger partial charge in [0.15, 0.2) is 6.29 Å². The number of nitrogens with one attached hydrogen (secondary N) is 1. The maximum absolute atomic E-state index is 9.32. The van der Waals surface area contributed by atoms with Gasteiger partial charge in [-0.05, 0) is 20.4 Å². The number of ether oxygens (including phenoxy) is 1. The maximum Gasteiger partial charge on any atom is 0.182 e. The van der Waals surface area contributed by atoms with E-state index < -0.39 is 12.4 Å². The Bertz CT molecular complexity index is 131. The summed E-state index contributed by atoms with van der Waals surface area (Å²) in [6.07, 6.45) is -1.12. The van der Waals surface area contributed by atoms with Crippen LogP contribution in [0.15, 0.2) is 0 Å². The lowest BCUT2D eigenvalue weighted by Gasteiger charge is -2.35. The highest BCUT2D eigenvalue weighted by atomic mass is 16.6. The Hall–Kier alpha value is -0.160. The van der Waals surface area contributed by atoms with Crippen molar-refractivity contribution in [3.05, 3.63) is 0 Å². The molecule has 4 nitrogen and oxygen atoms in total. The van der Waals surface area contributed by atoms with Crippen LogP contribution in [0.3, 0.4) is 0 Å². The van der Waals surface area contributed by atoms with Crippen LogP contribution in [-0.4, -0.2) is 41.8 Å². The quantitative estimate of drug-likeness (QED) is 0.464. The van der Waals surface area contributed by atoms with Crippen LogP contribution in [-0.2, 0) is 4.74 Å². The van der Waals surface area contributed by atoms with Crippen molar-refractivity contribution in [1.82, 2.24) is 5.32 Å². The van der Waals surface area contributed by atoms with Crippen LogP contribution < -0.4 is 5.32 Å². The van der Waals surface area contributed by atoms with Gasteiger partial charge in [-0.2, -0.15) is 0 Å². The second kappa shape index (κ2) is 3.49. The van der Waals surface area contributed by atoms with Crippen LogP contribution in [0.5, 0.6) is 0 Å². The van der Waals surface area contributed by atoms with Crippen LogP contribution in [0.4, 0.5) is 0 Å². The minimum absolute atomic E-state index is 0.00542. The first-order valence-corrected chi connectivity index (χ1v) is 3.84. The van der Waals surface area contributed by atoms with Crippen molar-refractivity contribution in [2.24, 2.45) is 0 Å². The predicted octanol–water partition coefficient (Wildman–Crippen LogP) is -0.938. The van der Waals surface area contributed by atoms with E-state index >= 15 is 0 Å². The van der Waals surface area contributed by atoms with Crippen molar-refractivity contribution in [3.63, 3.8) is 0 Å². The van der Waals surface area contributed by atoms with E-state index in [2.05, 4.69) is 5.32 Å². The highest BCUT2D eigenvalue weighted by Gasteiger charge is 2.33. The van der Waals surface area contributed by atoms with Gasteiger partial charge >= 0.3 is 0 Å².